The first kappa shape index (κ1) is 19.8. The van der Waals surface area contributed by atoms with Gasteiger partial charge in [-0.05, 0) is 39.7 Å². The van der Waals surface area contributed by atoms with E-state index in [2.05, 4.69) is 6.58 Å². The van der Waals surface area contributed by atoms with Gasteiger partial charge in [0.1, 0.15) is 18.5 Å². The van der Waals surface area contributed by atoms with Gasteiger partial charge in [-0.15, -0.1) is 0 Å². The minimum Gasteiger partial charge on any atom is -0.454 e. The second kappa shape index (κ2) is 8.27. The van der Waals surface area contributed by atoms with Crippen molar-refractivity contribution in [2.24, 2.45) is 5.92 Å². The average molecular weight is 360 g/mol. The minimum absolute atomic E-state index is 0.0983. The SMILES string of the molecule is C=C1C(=O)O[C@@H]2/C=C(\C)CC/C=C(/C=O)[C@@H](OC(=O)/C(C)=C\C)[C@@H](O)[C@@H]12. The first-order valence-corrected chi connectivity index (χ1v) is 8.54. The van der Waals surface area contributed by atoms with Crippen molar-refractivity contribution in [1.29, 1.82) is 0 Å². The Labute approximate surface area is 152 Å². The predicted molar refractivity (Wildman–Crippen MR) is 95.0 cm³/mol. The molecule has 4 atom stereocenters. The highest BCUT2D eigenvalue weighted by atomic mass is 16.6. The van der Waals surface area contributed by atoms with Gasteiger partial charge >= 0.3 is 11.9 Å². The summed E-state index contributed by atoms with van der Waals surface area (Å²) in [4.78, 5) is 35.8. The summed E-state index contributed by atoms with van der Waals surface area (Å²) >= 11 is 0. The van der Waals surface area contributed by atoms with E-state index >= 15 is 0 Å². The van der Waals surface area contributed by atoms with Gasteiger partial charge in [-0.25, -0.2) is 9.59 Å². The summed E-state index contributed by atoms with van der Waals surface area (Å²) in [6, 6.07) is 0. The number of esters is 2. The summed E-state index contributed by atoms with van der Waals surface area (Å²) in [5.41, 5.74) is 1.58. The molecular weight excluding hydrogens is 336 g/mol. The molecule has 0 aromatic rings. The Morgan fingerprint density at radius 3 is 2.77 bits per heavy atom. The molecule has 0 spiro atoms. The summed E-state index contributed by atoms with van der Waals surface area (Å²) in [6.45, 7) is 8.87. The number of ether oxygens (including phenoxy) is 2. The van der Waals surface area contributed by atoms with E-state index in [0.29, 0.717) is 24.7 Å². The molecule has 1 N–H and O–H groups in total. The number of carbonyl (C=O) groups excluding carboxylic acids is 3. The molecule has 2 aliphatic rings. The Bertz CT molecular complexity index is 712. The van der Waals surface area contributed by atoms with E-state index in [0.717, 1.165) is 5.57 Å². The van der Waals surface area contributed by atoms with E-state index in [1.807, 2.05) is 6.92 Å². The zero-order valence-corrected chi connectivity index (χ0v) is 15.2. The third-order valence-electron chi connectivity index (χ3n) is 4.76. The zero-order chi connectivity index (χ0) is 19.4. The fourth-order valence-corrected chi connectivity index (χ4v) is 3.06. The molecule has 6 heteroatoms. The lowest BCUT2D eigenvalue weighted by Gasteiger charge is -2.30. The third kappa shape index (κ3) is 4.02. The summed E-state index contributed by atoms with van der Waals surface area (Å²) in [5, 5.41) is 10.9. The first-order chi connectivity index (χ1) is 12.3. The van der Waals surface area contributed by atoms with Crippen molar-refractivity contribution in [3.05, 3.63) is 47.1 Å². The summed E-state index contributed by atoms with van der Waals surface area (Å²) < 4.78 is 10.7. The number of carbonyl (C=O) groups is 3. The summed E-state index contributed by atoms with van der Waals surface area (Å²) in [5.74, 6) is -2.04. The van der Waals surface area contributed by atoms with Crippen molar-refractivity contribution in [2.45, 2.75) is 51.9 Å². The standard InChI is InChI=1S/C20H24O6/c1-5-12(3)19(23)26-18-14(10-21)8-6-7-11(2)9-15-16(17(18)22)13(4)20(24)25-15/h5,8-10,15-18,22H,4,6-7H2,1-3H3/b11-9+,12-5-,14-8-/t15-,16+,17+,18-/m1/s1. The molecule has 1 aliphatic carbocycles. The van der Waals surface area contributed by atoms with Crippen molar-refractivity contribution in [2.75, 3.05) is 0 Å². The maximum atomic E-state index is 12.2. The maximum Gasteiger partial charge on any atom is 0.334 e. The van der Waals surface area contributed by atoms with Crippen LogP contribution in [0.15, 0.2) is 47.1 Å². The second-order valence-corrected chi connectivity index (χ2v) is 6.58. The number of aliphatic hydroxyl groups excluding tert-OH is 1. The molecule has 0 saturated carbocycles. The van der Waals surface area contributed by atoms with E-state index in [4.69, 9.17) is 9.47 Å². The van der Waals surface area contributed by atoms with Crippen molar-refractivity contribution >= 4 is 18.2 Å². The van der Waals surface area contributed by atoms with Crippen LogP contribution in [0.25, 0.3) is 0 Å². The molecule has 140 valence electrons. The average Bonchev–Trinajstić information content (AvgIpc) is 2.88. The number of aldehydes is 1. The Morgan fingerprint density at radius 1 is 1.46 bits per heavy atom. The normalized spacial score (nSPS) is 33.9. The van der Waals surface area contributed by atoms with Gasteiger partial charge in [0.05, 0.1) is 5.92 Å². The van der Waals surface area contributed by atoms with Crippen LogP contribution >= 0.6 is 0 Å². The Morgan fingerprint density at radius 2 is 2.15 bits per heavy atom. The lowest BCUT2D eigenvalue weighted by Crippen LogP contribution is -2.42. The van der Waals surface area contributed by atoms with Crippen molar-refractivity contribution in [3.8, 4) is 0 Å². The number of allylic oxidation sites excluding steroid dienone is 3. The number of fused-ring (bicyclic) bond motifs is 1. The van der Waals surface area contributed by atoms with Gasteiger partial charge in [-0.2, -0.15) is 0 Å². The van der Waals surface area contributed by atoms with Crippen molar-refractivity contribution in [1.82, 2.24) is 0 Å². The topological polar surface area (TPSA) is 89.9 Å². The highest BCUT2D eigenvalue weighted by Gasteiger charge is 2.46. The van der Waals surface area contributed by atoms with Gasteiger partial charge < -0.3 is 14.6 Å². The van der Waals surface area contributed by atoms with E-state index in [1.54, 1.807) is 32.1 Å². The molecule has 0 bridgehead atoms. The smallest absolute Gasteiger partial charge is 0.334 e. The maximum absolute atomic E-state index is 12.2. The zero-order valence-electron chi connectivity index (χ0n) is 15.2. The van der Waals surface area contributed by atoms with Crippen LogP contribution in [0, 0.1) is 5.92 Å². The number of aliphatic hydroxyl groups is 1. The molecule has 0 aromatic carbocycles. The fourth-order valence-electron chi connectivity index (χ4n) is 3.06. The molecule has 0 unspecified atom stereocenters. The van der Waals surface area contributed by atoms with Gasteiger partial charge in [0.2, 0.25) is 0 Å². The van der Waals surface area contributed by atoms with Gasteiger partial charge in [0.25, 0.3) is 0 Å². The molecule has 26 heavy (non-hydrogen) atoms. The van der Waals surface area contributed by atoms with Crippen LogP contribution in [0.5, 0.6) is 0 Å². The van der Waals surface area contributed by atoms with Crippen LogP contribution in [0.4, 0.5) is 0 Å². The van der Waals surface area contributed by atoms with E-state index in [1.165, 1.54) is 0 Å². The molecule has 6 nitrogen and oxygen atoms in total. The Balaban J connectivity index is 2.47. The monoisotopic (exact) mass is 360 g/mol. The quantitative estimate of drug-likeness (QED) is 0.359. The highest BCUT2D eigenvalue weighted by molar-refractivity contribution is 5.92. The third-order valence-corrected chi connectivity index (χ3v) is 4.76. The van der Waals surface area contributed by atoms with Crippen LogP contribution in [0.3, 0.4) is 0 Å². The van der Waals surface area contributed by atoms with Gasteiger partial charge in [0.15, 0.2) is 6.10 Å². The number of hydrogen-bond donors (Lipinski definition) is 1. The van der Waals surface area contributed by atoms with Crippen LogP contribution in [-0.2, 0) is 23.9 Å². The molecule has 1 saturated heterocycles. The lowest BCUT2D eigenvalue weighted by molar-refractivity contribution is -0.150. The van der Waals surface area contributed by atoms with E-state index in [-0.39, 0.29) is 11.1 Å². The van der Waals surface area contributed by atoms with Gasteiger partial charge in [-0.3, -0.25) is 4.79 Å². The largest absolute Gasteiger partial charge is 0.454 e. The molecule has 0 aromatic heterocycles. The van der Waals surface area contributed by atoms with E-state index in [9.17, 15) is 19.5 Å². The summed E-state index contributed by atoms with van der Waals surface area (Å²) in [7, 11) is 0. The van der Waals surface area contributed by atoms with Crippen LogP contribution in [-0.4, -0.2) is 41.6 Å². The van der Waals surface area contributed by atoms with Crippen molar-refractivity contribution < 1.29 is 29.0 Å². The van der Waals surface area contributed by atoms with Gasteiger partial charge in [-0.1, -0.05) is 24.3 Å². The predicted octanol–water partition coefficient (Wildman–Crippen LogP) is 2.19. The number of hydrogen-bond acceptors (Lipinski definition) is 6. The highest BCUT2D eigenvalue weighted by Crippen LogP contribution is 2.35. The molecule has 2 rings (SSSR count). The second-order valence-electron chi connectivity index (χ2n) is 6.58. The lowest BCUT2D eigenvalue weighted by atomic mass is 9.84. The Kier molecular flexibility index (Phi) is 6.32. The molecule has 1 fully saturated rings. The number of rotatable bonds is 3. The van der Waals surface area contributed by atoms with Crippen LogP contribution in [0.1, 0.15) is 33.6 Å². The fraction of sp³-hybridized carbons (Fsp3) is 0.450. The van der Waals surface area contributed by atoms with Crippen LogP contribution < -0.4 is 0 Å². The molecule has 0 radical (unpaired) electrons. The van der Waals surface area contributed by atoms with Gasteiger partial charge in [0, 0.05) is 16.7 Å². The summed E-state index contributed by atoms with van der Waals surface area (Å²) in [6.07, 6.45) is 3.50. The molecule has 1 heterocycles. The first-order valence-electron chi connectivity index (χ1n) is 8.54. The van der Waals surface area contributed by atoms with E-state index < -0.39 is 36.2 Å². The molecular formula is C20H24O6. The van der Waals surface area contributed by atoms with Crippen molar-refractivity contribution in [3.63, 3.8) is 0 Å². The molecule has 0 amide bonds. The Hall–Kier alpha value is -2.47. The van der Waals surface area contributed by atoms with Crippen LogP contribution in [0.2, 0.25) is 0 Å². The minimum atomic E-state index is -1.34. The molecule has 1 aliphatic heterocycles.